The van der Waals surface area contributed by atoms with Crippen molar-refractivity contribution in [2.24, 2.45) is 0 Å². The maximum atomic E-state index is 5.38. The lowest BCUT2D eigenvalue weighted by Crippen LogP contribution is -2.50. The number of rotatable bonds is 4. The average Bonchev–Trinajstić information content (AvgIpc) is 3.57. The van der Waals surface area contributed by atoms with Crippen molar-refractivity contribution in [3.63, 3.8) is 0 Å². The van der Waals surface area contributed by atoms with Crippen molar-refractivity contribution in [1.29, 1.82) is 0 Å². The van der Waals surface area contributed by atoms with Gasteiger partial charge in [-0.25, -0.2) is 9.97 Å². The minimum atomic E-state index is -2.00. The van der Waals surface area contributed by atoms with Crippen LogP contribution in [-0.4, -0.2) is 22.6 Å². The quantitative estimate of drug-likeness (QED) is 0.187. The summed E-state index contributed by atoms with van der Waals surface area (Å²) in [7, 11) is -2.00. The molecule has 218 valence electrons. The molecule has 1 aliphatic rings. The van der Waals surface area contributed by atoms with Gasteiger partial charge in [-0.3, -0.25) is 0 Å². The van der Waals surface area contributed by atoms with Crippen molar-refractivity contribution in [2.45, 2.75) is 13.1 Å². The van der Waals surface area contributed by atoms with Crippen molar-refractivity contribution < 1.29 is 0 Å². The van der Waals surface area contributed by atoms with Crippen molar-refractivity contribution in [2.75, 3.05) is 0 Å². The first-order chi connectivity index (χ1) is 22.6. The molecule has 0 saturated carbocycles. The number of hydrogen-bond acceptors (Lipinski definition) is 2. The predicted octanol–water partition coefficient (Wildman–Crippen LogP) is 9.38. The van der Waals surface area contributed by atoms with E-state index in [0.717, 1.165) is 34.0 Å². The van der Waals surface area contributed by atoms with Crippen LogP contribution in [0.25, 0.3) is 72.5 Å². The Morgan fingerprint density at radius 2 is 1.13 bits per heavy atom. The molecular weight excluding hydrogens is 575 g/mol. The van der Waals surface area contributed by atoms with Crippen LogP contribution in [0.5, 0.6) is 0 Å². The zero-order valence-electron chi connectivity index (χ0n) is 25.8. The maximum Gasteiger partial charge on any atom is 0.160 e. The normalized spacial score (nSPS) is 13.2. The van der Waals surface area contributed by atoms with Gasteiger partial charge in [-0.2, -0.15) is 0 Å². The lowest BCUT2D eigenvalue weighted by atomic mass is 10.0. The van der Waals surface area contributed by atoms with Crippen molar-refractivity contribution in [3.05, 3.63) is 152 Å². The largest absolute Gasteiger partial charge is 0.309 e. The molecule has 6 aromatic carbocycles. The molecule has 3 nitrogen and oxygen atoms in total. The molecule has 0 radical (unpaired) electrons. The number of aromatic nitrogens is 3. The highest BCUT2D eigenvalue weighted by Crippen LogP contribution is 2.37. The molecule has 0 aliphatic carbocycles. The standard InChI is InChI=1S/C42H31N3Si/c1-46(2)38-23-12-10-21-34(38)40-41(46)39(29-16-7-4-8-17-29)43-42(44-40)31-24-25-37-35(27-31)33-20-9-11-22-36(33)45(37)32-19-13-18-30(26-32)28-14-5-3-6-15-28/h3-27H,1-2H3. The predicted molar refractivity (Wildman–Crippen MR) is 195 cm³/mol. The third kappa shape index (κ3) is 4.04. The lowest BCUT2D eigenvalue weighted by molar-refractivity contribution is 1.18. The van der Waals surface area contributed by atoms with Gasteiger partial charge < -0.3 is 4.57 Å². The van der Waals surface area contributed by atoms with Gasteiger partial charge >= 0.3 is 0 Å². The van der Waals surface area contributed by atoms with Gasteiger partial charge in [-0.1, -0.05) is 128 Å². The molecule has 0 atom stereocenters. The molecule has 0 saturated heterocycles. The van der Waals surface area contributed by atoms with Crippen LogP contribution in [0.2, 0.25) is 13.1 Å². The van der Waals surface area contributed by atoms with Crippen molar-refractivity contribution >= 4 is 40.3 Å². The summed E-state index contributed by atoms with van der Waals surface area (Å²) in [5, 5.41) is 5.18. The summed E-state index contributed by atoms with van der Waals surface area (Å²) in [5.41, 5.74) is 11.5. The van der Waals surface area contributed by atoms with Crippen LogP contribution in [0.4, 0.5) is 0 Å². The number of hydrogen-bond donors (Lipinski definition) is 0. The molecule has 8 aromatic rings. The summed E-state index contributed by atoms with van der Waals surface area (Å²) in [4.78, 5) is 10.7. The highest BCUT2D eigenvalue weighted by atomic mass is 28.3. The van der Waals surface area contributed by atoms with Crippen LogP contribution < -0.4 is 10.4 Å². The molecule has 46 heavy (non-hydrogen) atoms. The summed E-state index contributed by atoms with van der Waals surface area (Å²) >= 11 is 0. The van der Waals surface area contributed by atoms with E-state index < -0.39 is 8.07 Å². The average molecular weight is 606 g/mol. The third-order valence-electron chi connectivity index (χ3n) is 9.58. The smallest absolute Gasteiger partial charge is 0.160 e. The number of nitrogens with zero attached hydrogens (tertiary/aromatic N) is 3. The first kappa shape index (κ1) is 26.8. The van der Waals surface area contributed by atoms with Gasteiger partial charge in [-0.05, 0) is 63.5 Å². The van der Waals surface area contributed by atoms with Crippen LogP contribution in [0.1, 0.15) is 0 Å². The Labute approximate surface area is 269 Å². The van der Waals surface area contributed by atoms with E-state index in [2.05, 4.69) is 169 Å². The molecule has 2 aromatic heterocycles. The maximum absolute atomic E-state index is 5.38. The first-order valence-electron chi connectivity index (χ1n) is 15.9. The Morgan fingerprint density at radius 1 is 0.478 bits per heavy atom. The van der Waals surface area contributed by atoms with Gasteiger partial charge in [0.15, 0.2) is 5.82 Å². The lowest BCUT2D eigenvalue weighted by Gasteiger charge is -2.21. The van der Waals surface area contributed by atoms with Gasteiger partial charge in [0.25, 0.3) is 0 Å². The summed E-state index contributed by atoms with van der Waals surface area (Å²) in [6, 6.07) is 54.3. The molecular formula is C42H31N3Si. The number of fused-ring (bicyclic) bond motifs is 6. The Bertz CT molecular complexity index is 2440. The Balaban J connectivity index is 1.27. The van der Waals surface area contributed by atoms with E-state index in [9.17, 15) is 0 Å². The van der Waals surface area contributed by atoms with Crippen LogP contribution in [0.15, 0.2) is 152 Å². The van der Waals surface area contributed by atoms with Crippen molar-refractivity contribution in [3.8, 4) is 50.7 Å². The summed E-state index contributed by atoms with van der Waals surface area (Å²) < 4.78 is 2.38. The second-order valence-electron chi connectivity index (χ2n) is 12.7. The van der Waals surface area contributed by atoms with Gasteiger partial charge in [0.2, 0.25) is 0 Å². The highest BCUT2D eigenvalue weighted by molar-refractivity contribution is 7.04. The second-order valence-corrected chi connectivity index (χ2v) is 16.9. The van der Waals surface area contributed by atoms with E-state index in [1.54, 1.807) is 0 Å². The van der Waals surface area contributed by atoms with Gasteiger partial charge in [0.05, 0.1) is 22.4 Å². The monoisotopic (exact) mass is 605 g/mol. The molecule has 4 heteroatoms. The summed E-state index contributed by atoms with van der Waals surface area (Å²) in [6.45, 7) is 4.86. The van der Waals surface area contributed by atoms with E-state index in [4.69, 9.17) is 9.97 Å². The molecule has 0 fully saturated rings. The fourth-order valence-electron chi connectivity index (χ4n) is 7.40. The third-order valence-corrected chi connectivity index (χ3v) is 13.1. The fourth-order valence-corrected chi connectivity index (χ4v) is 10.6. The SMILES string of the molecule is C[Si]1(C)c2ccccc2-c2nc(-c3ccc4c(c3)c3ccccc3n4-c3cccc(-c4ccccc4)c3)nc(-c3ccccc3)c21. The van der Waals surface area contributed by atoms with Crippen LogP contribution in [0.3, 0.4) is 0 Å². The molecule has 0 unspecified atom stereocenters. The molecule has 1 aliphatic heterocycles. The fraction of sp³-hybridized carbons (Fsp3) is 0.0476. The highest BCUT2D eigenvalue weighted by Gasteiger charge is 2.41. The molecule has 0 spiro atoms. The zero-order valence-corrected chi connectivity index (χ0v) is 26.8. The number of para-hydroxylation sites is 1. The zero-order chi connectivity index (χ0) is 30.8. The Morgan fingerprint density at radius 3 is 1.96 bits per heavy atom. The van der Waals surface area contributed by atoms with E-state index in [1.807, 2.05) is 0 Å². The van der Waals surface area contributed by atoms with E-state index >= 15 is 0 Å². The topological polar surface area (TPSA) is 30.7 Å². The minimum absolute atomic E-state index is 0.768. The Hall–Kier alpha value is -5.58. The molecule has 0 N–H and O–H groups in total. The second kappa shape index (κ2) is 10.2. The molecule has 0 amide bonds. The summed E-state index contributed by atoms with van der Waals surface area (Å²) in [5.74, 6) is 0.768. The van der Waals surface area contributed by atoms with Gasteiger partial charge in [-0.15, -0.1) is 0 Å². The van der Waals surface area contributed by atoms with Gasteiger partial charge in [0, 0.05) is 27.6 Å². The molecule has 9 rings (SSSR count). The first-order valence-corrected chi connectivity index (χ1v) is 18.9. The molecule has 3 heterocycles. The van der Waals surface area contributed by atoms with E-state index in [0.29, 0.717) is 0 Å². The molecule has 0 bridgehead atoms. The Kier molecular flexibility index (Phi) is 5.96. The van der Waals surface area contributed by atoms with Crippen LogP contribution in [0, 0.1) is 0 Å². The van der Waals surface area contributed by atoms with Gasteiger partial charge in [0.1, 0.15) is 8.07 Å². The van der Waals surface area contributed by atoms with Crippen LogP contribution >= 0.6 is 0 Å². The van der Waals surface area contributed by atoms with E-state index in [1.165, 1.54) is 48.9 Å². The minimum Gasteiger partial charge on any atom is -0.309 e. The summed E-state index contributed by atoms with van der Waals surface area (Å²) in [6.07, 6.45) is 0. The van der Waals surface area contributed by atoms with Crippen molar-refractivity contribution in [1.82, 2.24) is 14.5 Å². The van der Waals surface area contributed by atoms with E-state index in [-0.39, 0.29) is 0 Å². The van der Waals surface area contributed by atoms with Crippen LogP contribution in [-0.2, 0) is 0 Å². The number of benzene rings is 6.